The van der Waals surface area contributed by atoms with Gasteiger partial charge in [0.15, 0.2) is 41.1 Å². The van der Waals surface area contributed by atoms with Crippen LogP contribution in [0.25, 0.3) is 0 Å². The van der Waals surface area contributed by atoms with Crippen molar-refractivity contribution in [2.24, 2.45) is 0 Å². The smallest absolute Gasteiger partial charge is 0.200 e. The Hall–Kier alpha value is -4.02. The van der Waals surface area contributed by atoms with Crippen LogP contribution in [0.4, 0.5) is 0 Å². The lowest BCUT2D eigenvalue weighted by Crippen LogP contribution is -2.34. The van der Waals surface area contributed by atoms with Crippen LogP contribution in [0.2, 0.25) is 0 Å². The van der Waals surface area contributed by atoms with Crippen LogP contribution in [0, 0.1) is 0 Å². The lowest BCUT2D eigenvalue weighted by molar-refractivity contribution is -0.169. The summed E-state index contributed by atoms with van der Waals surface area (Å²) in [4.78, 5) is 0. The van der Waals surface area contributed by atoms with Crippen LogP contribution in [-0.2, 0) is 11.2 Å². The molecule has 0 amide bonds. The first-order valence-electron chi connectivity index (χ1n) is 10.2. The highest BCUT2D eigenvalue weighted by molar-refractivity contribution is 5.53. The summed E-state index contributed by atoms with van der Waals surface area (Å²) < 4.78 is 22.6. The molecule has 0 saturated carbocycles. The van der Waals surface area contributed by atoms with Crippen molar-refractivity contribution in [3.05, 3.63) is 59.2 Å². The fourth-order valence-corrected chi connectivity index (χ4v) is 3.89. The number of methoxy groups -OCH3 is 2. The Bertz CT molecular complexity index is 1190. The summed E-state index contributed by atoms with van der Waals surface area (Å²) in [6.45, 7) is 0. The van der Waals surface area contributed by atoms with Crippen LogP contribution < -0.4 is 14.2 Å². The summed E-state index contributed by atoms with van der Waals surface area (Å²) in [5, 5.41) is 60.0. The van der Waals surface area contributed by atoms with Crippen LogP contribution in [0.5, 0.6) is 46.0 Å². The molecule has 1 aliphatic rings. The average Bonchev–Trinajstić information content (AvgIpc) is 2.81. The third kappa shape index (κ3) is 4.28. The number of phenols is 5. The van der Waals surface area contributed by atoms with E-state index in [1.54, 1.807) is 18.2 Å². The molecule has 1 unspecified atom stereocenters. The van der Waals surface area contributed by atoms with E-state index >= 15 is 0 Å². The fourth-order valence-electron chi connectivity index (χ4n) is 3.89. The molecule has 10 nitrogen and oxygen atoms in total. The summed E-state index contributed by atoms with van der Waals surface area (Å²) in [6, 6.07) is 9.72. The van der Waals surface area contributed by atoms with Gasteiger partial charge in [-0.15, -0.1) is 0 Å². The van der Waals surface area contributed by atoms with Crippen LogP contribution in [0.3, 0.4) is 0 Å². The van der Waals surface area contributed by atoms with Gasteiger partial charge in [-0.2, -0.15) is 0 Å². The molecule has 1 heterocycles. The predicted molar refractivity (Wildman–Crippen MR) is 118 cm³/mol. The third-order valence-corrected chi connectivity index (χ3v) is 5.58. The standard InChI is InChI=1S/C24H24O10/c1-31-18-4-3-11(7-20(18)32-2)23-21(10-14-15(26)8-13(25)9-19(14)33-23)34-24(30)12-5-16(27)22(29)17(28)6-12/h3-9,21,23-30H,10H2,1-2H3/t21-,23-,24?/m1/s1. The Morgan fingerprint density at radius 1 is 0.853 bits per heavy atom. The van der Waals surface area contributed by atoms with E-state index in [0.717, 1.165) is 12.1 Å². The molecule has 0 spiro atoms. The van der Waals surface area contributed by atoms with Crippen LogP contribution in [0.15, 0.2) is 42.5 Å². The van der Waals surface area contributed by atoms with Crippen LogP contribution in [-0.4, -0.2) is 51.0 Å². The van der Waals surface area contributed by atoms with Crippen molar-refractivity contribution in [3.8, 4) is 46.0 Å². The SMILES string of the molecule is COc1ccc([C@H]2Oc3cc(O)cc(O)c3C[C@H]2OC(O)c2cc(O)c(O)c(O)c2)cc1OC. The third-order valence-electron chi connectivity index (χ3n) is 5.58. The summed E-state index contributed by atoms with van der Waals surface area (Å²) in [6.07, 6.45) is -3.22. The van der Waals surface area contributed by atoms with Crippen molar-refractivity contribution in [3.63, 3.8) is 0 Å². The zero-order valence-corrected chi connectivity index (χ0v) is 18.3. The highest BCUT2D eigenvalue weighted by Gasteiger charge is 2.36. The normalized spacial score (nSPS) is 18.0. The second-order valence-corrected chi connectivity index (χ2v) is 7.73. The molecule has 0 aliphatic carbocycles. The molecule has 6 N–H and O–H groups in total. The molecule has 10 heteroatoms. The Balaban J connectivity index is 1.73. The van der Waals surface area contributed by atoms with Gasteiger partial charge in [0.2, 0.25) is 0 Å². The number of hydrogen-bond acceptors (Lipinski definition) is 10. The number of aliphatic hydroxyl groups is 1. The van der Waals surface area contributed by atoms with Gasteiger partial charge in [0.1, 0.15) is 23.4 Å². The molecular weight excluding hydrogens is 448 g/mol. The van der Waals surface area contributed by atoms with Gasteiger partial charge in [0.25, 0.3) is 0 Å². The Morgan fingerprint density at radius 2 is 1.53 bits per heavy atom. The van der Waals surface area contributed by atoms with Gasteiger partial charge in [-0.3, -0.25) is 0 Å². The second-order valence-electron chi connectivity index (χ2n) is 7.73. The van der Waals surface area contributed by atoms with Crippen molar-refractivity contribution in [1.29, 1.82) is 0 Å². The molecule has 3 aromatic rings. The molecule has 0 aromatic heterocycles. The van der Waals surface area contributed by atoms with Crippen LogP contribution in [0.1, 0.15) is 29.1 Å². The largest absolute Gasteiger partial charge is 0.508 e. The van der Waals surface area contributed by atoms with E-state index in [2.05, 4.69) is 0 Å². The fraction of sp³-hybridized carbons (Fsp3) is 0.250. The van der Waals surface area contributed by atoms with Gasteiger partial charge in [-0.05, 0) is 29.8 Å². The van der Waals surface area contributed by atoms with Crippen molar-refractivity contribution in [2.75, 3.05) is 14.2 Å². The predicted octanol–water partition coefficient (Wildman–Crippen LogP) is 2.98. The molecule has 3 atom stereocenters. The number of ether oxygens (including phenoxy) is 4. The monoisotopic (exact) mass is 472 g/mol. The first kappa shape index (κ1) is 23.1. The minimum Gasteiger partial charge on any atom is -0.508 e. The number of hydrogen-bond donors (Lipinski definition) is 6. The molecule has 0 fully saturated rings. The van der Waals surface area contributed by atoms with E-state index in [-0.39, 0.29) is 29.2 Å². The zero-order valence-electron chi connectivity index (χ0n) is 18.3. The van der Waals surface area contributed by atoms with Crippen molar-refractivity contribution >= 4 is 0 Å². The maximum atomic E-state index is 10.7. The number of aromatic hydroxyl groups is 5. The molecule has 4 rings (SSSR count). The van der Waals surface area contributed by atoms with Crippen molar-refractivity contribution in [2.45, 2.75) is 24.9 Å². The number of aliphatic hydroxyl groups excluding tert-OH is 1. The van der Waals surface area contributed by atoms with E-state index < -0.39 is 35.7 Å². The van der Waals surface area contributed by atoms with Crippen molar-refractivity contribution in [1.82, 2.24) is 0 Å². The zero-order chi connectivity index (χ0) is 24.6. The first-order chi connectivity index (χ1) is 16.2. The van der Waals surface area contributed by atoms with E-state index in [0.29, 0.717) is 22.6 Å². The highest BCUT2D eigenvalue weighted by Crippen LogP contribution is 2.45. The molecule has 3 aromatic carbocycles. The van der Waals surface area contributed by atoms with E-state index in [4.69, 9.17) is 18.9 Å². The lowest BCUT2D eigenvalue weighted by Gasteiger charge is -2.35. The minimum absolute atomic E-state index is 0.0143. The molecule has 0 bridgehead atoms. The van der Waals surface area contributed by atoms with E-state index in [9.17, 15) is 30.6 Å². The average molecular weight is 472 g/mol. The summed E-state index contributed by atoms with van der Waals surface area (Å²) >= 11 is 0. The van der Waals surface area contributed by atoms with E-state index in [1.807, 2.05) is 0 Å². The van der Waals surface area contributed by atoms with Gasteiger partial charge in [0, 0.05) is 29.7 Å². The van der Waals surface area contributed by atoms with E-state index in [1.165, 1.54) is 26.4 Å². The van der Waals surface area contributed by atoms with Crippen LogP contribution >= 0.6 is 0 Å². The quantitative estimate of drug-likeness (QED) is 0.233. The number of benzene rings is 3. The molecular formula is C24H24O10. The summed E-state index contributed by atoms with van der Waals surface area (Å²) in [7, 11) is 2.98. The topological polar surface area (TPSA) is 158 Å². The maximum absolute atomic E-state index is 10.7. The van der Waals surface area contributed by atoms with Gasteiger partial charge >= 0.3 is 0 Å². The van der Waals surface area contributed by atoms with Crippen molar-refractivity contribution < 1.29 is 49.6 Å². The summed E-state index contributed by atoms with van der Waals surface area (Å²) in [5.41, 5.74) is 0.947. The molecule has 0 saturated heterocycles. The first-order valence-corrected chi connectivity index (χ1v) is 10.2. The molecule has 0 radical (unpaired) electrons. The number of phenolic OH excluding ortho intramolecular Hbond substituents is 5. The van der Waals surface area contributed by atoms with Gasteiger partial charge in [-0.25, -0.2) is 0 Å². The van der Waals surface area contributed by atoms with Gasteiger partial charge in [0.05, 0.1) is 14.2 Å². The molecule has 180 valence electrons. The second kappa shape index (κ2) is 9.08. The van der Waals surface area contributed by atoms with Gasteiger partial charge < -0.3 is 49.6 Å². The highest BCUT2D eigenvalue weighted by atomic mass is 16.6. The Kier molecular flexibility index (Phi) is 6.18. The molecule has 1 aliphatic heterocycles. The number of rotatable bonds is 6. The Labute approximate surface area is 194 Å². The summed E-state index contributed by atoms with van der Waals surface area (Å²) in [5.74, 6) is -1.21. The van der Waals surface area contributed by atoms with Gasteiger partial charge in [-0.1, -0.05) is 6.07 Å². The number of fused-ring (bicyclic) bond motifs is 1. The minimum atomic E-state index is -1.63. The molecule has 34 heavy (non-hydrogen) atoms. The maximum Gasteiger partial charge on any atom is 0.200 e. The lowest BCUT2D eigenvalue weighted by atomic mass is 9.93. The Morgan fingerprint density at radius 3 is 2.18 bits per heavy atom.